The zero-order chi connectivity index (χ0) is 24.1. The number of urea groups is 2. The van der Waals surface area contributed by atoms with E-state index < -0.39 is 6.03 Å². The van der Waals surface area contributed by atoms with Crippen molar-refractivity contribution in [2.75, 3.05) is 39.9 Å². The lowest BCUT2D eigenvalue weighted by molar-refractivity contribution is -0.131. The Morgan fingerprint density at radius 1 is 0.697 bits per heavy atom. The largest absolute Gasteiger partial charge is 0.383 e. The third-order valence-electron chi connectivity index (χ3n) is 6.01. The molecule has 1 N–H and O–H groups in total. The van der Waals surface area contributed by atoms with Crippen LogP contribution in [0, 0.1) is 0 Å². The zero-order valence-corrected chi connectivity index (χ0v) is 19.8. The summed E-state index contributed by atoms with van der Waals surface area (Å²) in [5, 5.41) is 2.65. The van der Waals surface area contributed by atoms with E-state index in [1.807, 2.05) is 0 Å². The molecule has 10 heteroatoms. The van der Waals surface area contributed by atoms with Crippen LogP contribution in [0.1, 0.15) is 77.0 Å². The number of rotatable bonds is 3. The second-order valence-corrected chi connectivity index (χ2v) is 8.58. The minimum atomic E-state index is -0.395. The van der Waals surface area contributed by atoms with Crippen LogP contribution >= 0.6 is 0 Å². The zero-order valence-electron chi connectivity index (χ0n) is 19.8. The number of methoxy groups -OCH3 is 1. The van der Waals surface area contributed by atoms with E-state index in [2.05, 4.69) is 5.32 Å². The Balaban J connectivity index is 0.000000238. The van der Waals surface area contributed by atoms with Crippen molar-refractivity contribution in [2.24, 2.45) is 0 Å². The van der Waals surface area contributed by atoms with Crippen LogP contribution < -0.4 is 5.32 Å². The fraction of sp³-hybridized carbons (Fsp3) is 0.783. The summed E-state index contributed by atoms with van der Waals surface area (Å²) in [5.74, 6) is -0.327. The molecule has 10 nitrogen and oxygen atoms in total. The van der Waals surface area contributed by atoms with Crippen molar-refractivity contribution >= 4 is 29.8 Å². The molecule has 0 aliphatic carbocycles. The topological polar surface area (TPSA) is 116 Å². The highest BCUT2D eigenvalue weighted by Gasteiger charge is 2.31. The highest BCUT2D eigenvalue weighted by molar-refractivity contribution is 6.02. The lowest BCUT2D eigenvalue weighted by Gasteiger charge is -2.26. The number of ether oxygens (including phenoxy) is 1. The summed E-state index contributed by atoms with van der Waals surface area (Å²) in [6, 6.07) is -0.687. The first-order valence-electron chi connectivity index (χ1n) is 12.2. The number of carbonyl (C=O) groups excluding carboxylic acids is 5. The highest BCUT2D eigenvalue weighted by Crippen LogP contribution is 2.17. The molecule has 3 heterocycles. The second-order valence-electron chi connectivity index (χ2n) is 8.58. The third kappa shape index (κ3) is 8.75. The third-order valence-corrected chi connectivity index (χ3v) is 6.01. The quantitative estimate of drug-likeness (QED) is 0.639. The standard InChI is InChI=1S/C13H20N2O3.C10H18N2O3/c16-11-7-3-1-5-9-14(11)13(18)15-10-6-2-4-8-12(15)17;1-15-8-6-11-10(14)12-7-4-2-3-5-9(12)13/h1-10H2;2-8H2,1H3,(H,11,14). The predicted octanol–water partition coefficient (Wildman–Crippen LogP) is 2.66. The van der Waals surface area contributed by atoms with Gasteiger partial charge < -0.3 is 10.1 Å². The van der Waals surface area contributed by atoms with E-state index in [4.69, 9.17) is 4.74 Å². The summed E-state index contributed by atoms with van der Waals surface area (Å²) in [6.07, 6.45) is 9.48. The van der Waals surface area contributed by atoms with Crippen LogP contribution in [0.4, 0.5) is 9.59 Å². The van der Waals surface area contributed by atoms with E-state index in [0.29, 0.717) is 52.0 Å². The Kier molecular flexibility index (Phi) is 11.9. The molecule has 0 aromatic rings. The summed E-state index contributed by atoms with van der Waals surface area (Å²) in [5.41, 5.74) is 0. The number of hydrogen-bond acceptors (Lipinski definition) is 6. The van der Waals surface area contributed by atoms with Gasteiger partial charge >= 0.3 is 12.1 Å². The van der Waals surface area contributed by atoms with Crippen LogP contribution in [0.3, 0.4) is 0 Å². The number of nitrogens with one attached hydrogen (secondary N) is 1. The van der Waals surface area contributed by atoms with E-state index in [1.165, 1.54) is 14.7 Å². The molecule has 0 aromatic carbocycles. The van der Waals surface area contributed by atoms with Gasteiger partial charge in [-0.25, -0.2) is 9.59 Å². The normalized spacial score (nSPS) is 20.3. The first-order chi connectivity index (χ1) is 16.0. The minimum absolute atomic E-state index is 0.0672. The van der Waals surface area contributed by atoms with E-state index in [1.54, 1.807) is 7.11 Å². The van der Waals surface area contributed by atoms with Crippen LogP contribution in [0.25, 0.3) is 0 Å². The maximum absolute atomic E-state index is 12.3. The number of imide groups is 3. The lowest BCUT2D eigenvalue weighted by atomic mass is 10.2. The smallest absolute Gasteiger partial charge is 0.333 e. The van der Waals surface area contributed by atoms with Crippen molar-refractivity contribution in [3.05, 3.63) is 0 Å². The number of hydrogen-bond donors (Lipinski definition) is 1. The molecule has 186 valence electrons. The maximum Gasteiger partial charge on any atom is 0.333 e. The van der Waals surface area contributed by atoms with Crippen LogP contribution in [-0.2, 0) is 19.1 Å². The molecule has 0 unspecified atom stereocenters. The van der Waals surface area contributed by atoms with Gasteiger partial charge in [-0.2, -0.15) is 0 Å². The molecule has 0 atom stereocenters. The molecule has 3 saturated heterocycles. The van der Waals surface area contributed by atoms with E-state index in [0.717, 1.165) is 57.8 Å². The van der Waals surface area contributed by atoms with Gasteiger partial charge in [0.1, 0.15) is 0 Å². The first kappa shape index (κ1) is 26.8. The first-order valence-corrected chi connectivity index (χ1v) is 12.2. The molecular formula is C23H38N4O6. The fourth-order valence-corrected chi connectivity index (χ4v) is 4.07. The fourth-order valence-electron chi connectivity index (χ4n) is 4.07. The van der Waals surface area contributed by atoms with Gasteiger partial charge in [-0.1, -0.05) is 19.3 Å². The summed E-state index contributed by atoms with van der Waals surface area (Å²) in [6.45, 7) is 2.37. The van der Waals surface area contributed by atoms with Crippen molar-refractivity contribution in [2.45, 2.75) is 77.0 Å². The van der Waals surface area contributed by atoms with Crippen molar-refractivity contribution in [3.63, 3.8) is 0 Å². The summed E-state index contributed by atoms with van der Waals surface area (Å²) < 4.78 is 4.81. The lowest BCUT2D eigenvalue weighted by Crippen LogP contribution is -2.48. The Bertz CT molecular complexity index is 666. The van der Waals surface area contributed by atoms with Crippen LogP contribution in [0.2, 0.25) is 0 Å². The number of carbonyl (C=O) groups is 5. The van der Waals surface area contributed by atoms with Crippen LogP contribution in [-0.4, -0.2) is 84.4 Å². The van der Waals surface area contributed by atoms with Gasteiger partial charge in [0.15, 0.2) is 0 Å². The van der Waals surface area contributed by atoms with E-state index >= 15 is 0 Å². The monoisotopic (exact) mass is 466 g/mol. The Labute approximate surface area is 196 Å². The molecule has 0 aromatic heterocycles. The molecule has 7 amide bonds. The second kappa shape index (κ2) is 14.6. The molecule has 0 bridgehead atoms. The molecule has 0 radical (unpaired) electrons. The molecular weight excluding hydrogens is 428 g/mol. The predicted molar refractivity (Wildman–Crippen MR) is 121 cm³/mol. The molecule has 0 saturated carbocycles. The van der Waals surface area contributed by atoms with Gasteiger partial charge in [-0.3, -0.25) is 29.1 Å². The van der Waals surface area contributed by atoms with Crippen molar-refractivity contribution in [1.82, 2.24) is 20.0 Å². The molecule has 3 aliphatic rings. The highest BCUT2D eigenvalue weighted by atomic mass is 16.5. The summed E-state index contributed by atoms with van der Waals surface area (Å²) in [7, 11) is 1.57. The molecule has 3 fully saturated rings. The average molecular weight is 467 g/mol. The SMILES string of the molecule is COCCNC(=O)N1CCCCCC1=O.O=C1CCCCCN1C(=O)N1CCCCCC1=O. The molecule has 33 heavy (non-hydrogen) atoms. The van der Waals surface area contributed by atoms with Gasteiger partial charge in [0.05, 0.1) is 6.61 Å². The van der Waals surface area contributed by atoms with Crippen molar-refractivity contribution < 1.29 is 28.7 Å². The van der Waals surface area contributed by atoms with Gasteiger partial charge in [0.25, 0.3) is 0 Å². The molecule has 3 rings (SSSR count). The van der Waals surface area contributed by atoms with E-state index in [9.17, 15) is 24.0 Å². The van der Waals surface area contributed by atoms with Gasteiger partial charge in [-0.05, 0) is 38.5 Å². The summed E-state index contributed by atoms with van der Waals surface area (Å²) in [4.78, 5) is 63.0. The minimum Gasteiger partial charge on any atom is -0.383 e. The summed E-state index contributed by atoms with van der Waals surface area (Å²) >= 11 is 0. The van der Waals surface area contributed by atoms with Gasteiger partial charge in [0, 0.05) is 52.6 Å². The van der Waals surface area contributed by atoms with E-state index in [-0.39, 0.29) is 23.8 Å². The van der Waals surface area contributed by atoms with Gasteiger partial charge in [0.2, 0.25) is 17.7 Å². The maximum atomic E-state index is 12.3. The Morgan fingerprint density at radius 3 is 1.58 bits per heavy atom. The van der Waals surface area contributed by atoms with Crippen LogP contribution in [0.5, 0.6) is 0 Å². The molecule has 0 spiro atoms. The molecule has 3 aliphatic heterocycles. The Hall–Kier alpha value is -2.49. The van der Waals surface area contributed by atoms with Gasteiger partial charge in [-0.15, -0.1) is 0 Å². The number of nitrogens with zero attached hydrogens (tertiary/aromatic N) is 3. The number of amides is 7. The van der Waals surface area contributed by atoms with Crippen molar-refractivity contribution in [3.8, 4) is 0 Å². The average Bonchev–Trinajstić information content (AvgIpc) is 3.25. The van der Waals surface area contributed by atoms with Crippen LogP contribution in [0.15, 0.2) is 0 Å². The van der Waals surface area contributed by atoms with Crippen molar-refractivity contribution in [1.29, 1.82) is 0 Å². The number of likely N-dealkylation sites (tertiary alicyclic amines) is 3. The Morgan fingerprint density at radius 2 is 1.12 bits per heavy atom.